The van der Waals surface area contributed by atoms with Crippen LogP contribution in [0.2, 0.25) is 0 Å². The molecule has 2 aromatic carbocycles. The molecule has 25 heavy (non-hydrogen) atoms. The molecule has 0 saturated heterocycles. The van der Waals surface area contributed by atoms with Crippen LogP contribution in [0.4, 0.5) is 17.5 Å². The van der Waals surface area contributed by atoms with Crippen LogP contribution in [0.5, 0.6) is 0 Å². The van der Waals surface area contributed by atoms with E-state index in [4.69, 9.17) is 0 Å². The fraction of sp³-hybridized carbons (Fsp3) is 0.200. The van der Waals surface area contributed by atoms with Crippen LogP contribution < -0.4 is 10.6 Å². The summed E-state index contributed by atoms with van der Waals surface area (Å²) >= 11 is 3.61. The van der Waals surface area contributed by atoms with Gasteiger partial charge in [-0.05, 0) is 54.4 Å². The van der Waals surface area contributed by atoms with Crippen molar-refractivity contribution in [1.82, 2.24) is 9.97 Å². The van der Waals surface area contributed by atoms with Crippen LogP contribution in [0.3, 0.4) is 0 Å². The Morgan fingerprint density at radius 2 is 1.72 bits per heavy atom. The van der Waals surface area contributed by atoms with Crippen LogP contribution in [0.1, 0.15) is 19.4 Å². The molecular weight excluding hydrogens is 376 g/mol. The molecule has 0 aliphatic heterocycles. The van der Waals surface area contributed by atoms with E-state index in [2.05, 4.69) is 69.4 Å². The molecule has 128 valence electrons. The van der Waals surface area contributed by atoms with Crippen molar-refractivity contribution in [2.24, 2.45) is 0 Å². The lowest BCUT2D eigenvalue weighted by Gasteiger charge is -2.14. The van der Waals surface area contributed by atoms with Gasteiger partial charge in [-0.3, -0.25) is 0 Å². The highest BCUT2D eigenvalue weighted by molar-refractivity contribution is 9.10. The Morgan fingerprint density at radius 1 is 0.960 bits per heavy atom. The molecule has 3 aromatic rings. The Hall–Kier alpha value is -2.40. The van der Waals surface area contributed by atoms with Gasteiger partial charge in [-0.25, -0.2) is 4.98 Å². The third-order valence-corrected chi connectivity index (χ3v) is 4.26. The van der Waals surface area contributed by atoms with E-state index >= 15 is 0 Å². The predicted molar refractivity (Wildman–Crippen MR) is 108 cm³/mol. The minimum atomic E-state index is 0.255. The number of nitrogens with one attached hydrogen (secondary N) is 2. The summed E-state index contributed by atoms with van der Waals surface area (Å²) in [4.78, 5) is 9.25. The molecule has 4 nitrogen and oxygen atoms in total. The van der Waals surface area contributed by atoms with Crippen molar-refractivity contribution < 1.29 is 0 Å². The largest absolute Gasteiger partial charge is 0.352 e. The number of anilines is 3. The summed E-state index contributed by atoms with van der Waals surface area (Å²) < 4.78 is 1.01. The highest BCUT2D eigenvalue weighted by Gasteiger charge is 2.09. The van der Waals surface area contributed by atoms with Crippen molar-refractivity contribution in [3.63, 3.8) is 0 Å². The van der Waals surface area contributed by atoms with E-state index in [-0.39, 0.29) is 6.04 Å². The maximum absolute atomic E-state index is 4.65. The van der Waals surface area contributed by atoms with Crippen LogP contribution in [-0.4, -0.2) is 16.0 Å². The molecule has 0 radical (unpaired) electrons. The minimum absolute atomic E-state index is 0.255. The van der Waals surface area contributed by atoms with Crippen LogP contribution in [-0.2, 0) is 0 Å². The summed E-state index contributed by atoms with van der Waals surface area (Å²) in [7, 11) is 0. The molecule has 0 spiro atoms. The number of nitrogens with zero attached hydrogens (tertiary/aromatic N) is 2. The molecule has 0 aliphatic carbocycles. The second kappa shape index (κ2) is 7.66. The van der Waals surface area contributed by atoms with Gasteiger partial charge in [0.1, 0.15) is 5.82 Å². The van der Waals surface area contributed by atoms with Gasteiger partial charge in [-0.2, -0.15) is 4.98 Å². The molecule has 0 aliphatic rings. The van der Waals surface area contributed by atoms with Crippen molar-refractivity contribution in [3.8, 4) is 11.3 Å². The Labute approximate surface area is 156 Å². The average Bonchev–Trinajstić information content (AvgIpc) is 2.57. The van der Waals surface area contributed by atoms with Gasteiger partial charge in [0.15, 0.2) is 0 Å². The Bertz CT molecular complexity index is 863. The zero-order valence-electron chi connectivity index (χ0n) is 14.5. The summed E-state index contributed by atoms with van der Waals surface area (Å²) in [6, 6.07) is 18.5. The molecule has 0 amide bonds. The maximum Gasteiger partial charge on any atom is 0.225 e. The zero-order valence-corrected chi connectivity index (χ0v) is 16.1. The maximum atomic E-state index is 4.65. The van der Waals surface area contributed by atoms with Crippen LogP contribution >= 0.6 is 15.9 Å². The summed E-state index contributed by atoms with van der Waals surface area (Å²) in [6.07, 6.45) is 0. The van der Waals surface area contributed by atoms with Gasteiger partial charge >= 0.3 is 0 Å². The van der Waals surface area contributed by atoms with E-state index in [1.165, 1.54) is 5.56 Å². The van der Waals surface area contributed by atoms with Gasteiger partial charge < -0.3 is 10.6 Å². The van der Waals surface area contributed by atoms with E-state index in [1.54, 1.807) is 0 Å². The third kappa shape index (κ3) is 4.57. The van der Waals surface area contributed by atoms with Gasteiger partial charge in [0.05, 0.1) is 11.4 Å². The van der Waals surface area contributed by atoms with Crippen molar-refractivity contribution in [3.05, 3.63) is 64.6 Å². The lowest BCUT2D eigenvalue weighted by Crippen LogP contribution is -2.13. The normalized spacial score (nSPS) is 10.8. The van der Waals surface area contributed by atoms with Crippen molar-refractivity contribution in [1.29, 1.82) is 0 Å². The summed E-state index contributed by atoms with van der Waals surface area (Å²) in [5.41, 5.74) is 4.11. The Morgan fingerprint density at radius 3 is 2.40 bits per heavy atom. The topological polar surface area (TPSA) is 49.8 Å². The van der Waals surface area contributed by atoms with E-state index in [0.29, 0.717) is 5.95 Å². The molecule has 0 saturated carbocycles. The monoisotopic (exact) mass is 396 g/mol. The number of aryl methyl sites for hydroxylation is 1. The molecular formula is C20H21BrN4. The van der Waals surface area contributed by atoms with Gasteiger partial charge in [-0.1, -0.05) is 36.4 Å². The second-order valence-corrected chi connectivity index (χ2v) is 7.09. The van der Waals surface area contributed by atoms with Crippen molar-refractivity contribution in [2.75, 3.05) is 10.6 Å². The van der Waals surface area contributed by atoms with E-state index < -0.39 is 0 Å². The molecule has 5 heteroatoms. The number of benzene rings is 2. The number of halogens is 1. The smallest absolute Gasteiger partial charge is 0.225 e. The molecule has 3 rings (SSSR count). The fourth-order valence-electron chi connectivity index (χ4n) is 2.45. The SMILES string of the molecule is Cc1ccc(Nc2cc(-c3ccccc3)nc(NC(C)C)n2)c(Br)c1. The van der Waals surface area contributed by atoms with Crippen LogP contribution in [0.25, 0.3) is 11.3 Å². The van der Waals surface area contributed by atoms with Gasteiger partial charge in [0, 0.05) is 22.1 Å². The second-order valence-electron chi connectivity index (χ2n) is 6.24. The van der Waals surface area contributed by atoms with Gasteiger partial charge in [0.25, 0.3) is 0 Å². The molecule has 1 aromatic heterocycles. The van der Waals surface area contributed by atoms with Crippen molar-refractivity contribution >= 4 is 33.4 Å². The predicted octanol–water partition coefficient (Wildman–Crippen LogP) is 5.78. The first-order valence-corrected chi connectivity index (χ1v) is 9.05. The Balaban J connectivity index is 2.00. The number of hydrogen-bond acceptors (Lipinski definition) is 4. The third-order valence-electron chi connectivity index (χ3n) is 3.60. The average molecular weight is 397 g/mol. The highest BCUT2D eigenvalue weighted by Crippen LogP contribution is 2.28. The first kappa shape index (κ1) is 17.4. The van der Waals surface area contributed by atoms with Crippen LogP contribution in [0, 0.1) is 6.92 Å². The minimum Gasteiger partial charge on any atom is -0.352 e. The number of aromatic nitrogens is 2. The summed E-state index contributed by atoms with van der Waals surface area (Å²) in [5.74, 6) is 1.36. The zero-order chi connectivity index (χ0) is 17.8. The highest BCUT2D eigenvalue weighted by atomic mass is 79.9. The van der Waals surface area contributed by atoms with E-state index in [9.17, 15) is 0 Å². The fourth-order valence-corrected chi connectivity index (χ4v) is 3.04. The van der Waals surface area contributed by atoms with E-state index in [1.807, 2.05) is 42.5 Å². The lowest BCUT2D eigenvalue weighted by atomic mass is 10.1. The number of rotatable bonds is 5. The Kier molecular flexibility index (Phi) is 5.34. The van der Waals surface area contributed by atoms with Crippen LogP contribution in [0.15, 0.2) is 59.1 Å². The molecule has 1 heterocycles. The molecule has 0 unspecified atom stereocenters. The lowest BCUT2D eigenvalue weighted by molar-refractivity contribution is 0.876. The van der Waals surface area contributed by atoms with Crippen molar-refractivity contribution in [2.45, 2.75) is 26.8 Å². The first-order chi connectivity index (χ1) is 12.0. The molecule has 0 bridgehead atoms. The summed E-state index contributed by atoms with van der Waals surface area (Å²) in [5, 5.41) is 6.68. The quantitative estimate of drug-likeness (QED) is 0.573. The summed E-state index contributed by atoms with van der Waals surface area (Å²) in [6.45, 7) is 6.21. The molecule has 0 atom stereocenters. The first-order valence-electron chi connectivity index (χ1n) is 8.25. The van der Waals surface area contributed by atoms with Gasteiger partial charge in [-0.15, -0.1) is 0 Å². The van der Waals surface area contributed by atoms with E-state index in [0.717, 1.165) is 27.2 Å². The molecule has 2 N–H and O–H groups in total. The number of hydrogen-bond donors (Lipinski definition) is 2. The molecule has 0 fully saturated rings. The van der Waals surface area contributed by atoms with Gasteiger partial charge in [0.2, 0.25) is 5.95 Å². The standard InChI is InChI=1S/C20H21BrN4/c1-13(2)22-20-24-18(15-7-5-4-6-8-15)12-19(25-20)23-17-10-9-14(3)11-16(17)21/h4-13H,1-3H3,(H2,22,23,24,25).